The van der Waals surface area contributed by atoms with E-state index in [-0.39, 0.29) is 18.3 Å². The van der Waals surface area contributed by atoms with E-state index in [1.165, 1.54) is 19.3 Å². The van der Waals surface area contributed by atoms with Crippen molar-refractivity contribution < 1.29 is 9.31 Å². The normalized spacial score (nSPS) is 71.0. The average Bonchev–Trinajstić information content (AvgIpc) is 2.41. The molecule has 0 N–H and O–H groups in total. The summed E-state index contributed by atoms with van der Waals surface area (Å²) in [5, 5.41) is 0. The van der Waals surface area contributed by atoms with Gasteiger partial charge in [-0.2, -0.15) is 0 Å². The zero-order chi connectivity index (χ0) is 13.7. The zero-order valence-electron chi connectivity index (χ0n) is 13.1. The summed E-state index contributed by atoms with van der Waals surface area (Å²) < 4.78 is 13.5. The molecule has 0 radical (unpaired) electrons. The molecule has 0 aromatic rings. The van der Waals surface area contributed by atoms with Gasteiger partial charge in [-0.25, -0.2) is 0 Å². The highest BCUT2D eigenvalue weighted by atomic mass is 16.6. The van der Waals surface area contributed by atoms with Crippen LogP contribution in [0.5, 0.6) is 0 Å². The van der Waals surface area contributed by atoms with Gasteiger partial charge in [-0.1, -0.05) is 27.7 Å². The summed E-state index contributed by atoms with van der Waals surface area (Å²) in [5.74, 6) is 5.68. The SMILES string of the molecule is CC(C)B1OC23C(C)CC2C2CC4C5CC(C)C5(O1)C243. The molecule has 5 saturated carbocycles. The largest absolute Gasteiger partial charge is 0.460 e. The molecule has 6 fully saturated rings. The van der Waals surface area contributed by atoms with Crippen molar-refractivity contribution >= 4 is 7.12 Å². The molecule has 2 nitrogen and oxygen atoms in total. The van der Waals surface area contributed by atoms with E-state index in [4.69, 9.17) is 9.31 Å². The highest BCUT2D eigenvalue weighted by Crippen LogP contribution is 2.97. The van der Waals surface area contributed by atoms with E-state index in [1.54, 1.807) is 0 Å². The molecule has 3 heteroatoms. The van der Waals surface area contributed by atoms with Crippen LogP contribution in [-0.4, -0.2) is 18.3 Å². The Labute approximate surface area is 122 Å². The second-order valence-corrected chi connectivity index (χ2v) is 9.24. The van der Waals surface area contributed by atoms with Crippen molar-refractivity contribution in [2.45, 2.75) is 64.0 Å². The van der Waals surface area contributed by atoms with E-state index in [0.29, 0.717) is 11.2 Å². The van der Waals surface area contributed by atoms with Crippen LogP contribution in [0.3, 0.4) is 0 Å². The molecule has 8 unspecified atom stereocenters. The first kappa shape index (κ1) is 11.5. The fourth-order valence-electron chi connectivity index (χ4n) is 8.51. The van der Waals surface area contributed by atoms with Crippen molar-refractivity contribution in [1.82, 2.24) is 0 Å². The Morgan fingerprint density at radius 3 is 1.75 bits per heavy atom. The fraction of sp³-hybridized carbons (Fsp3) is 1.00. The quantitative estimate of drug-likeness (QED) is 0.681. The first-order chi connectivity index (χ1) is 9.51. The minimum atomic E-state index is 0.0543. The minimum absolute atomic E-state index is 0.0543. The van der Waals surface area contributed by atoms with Gasteiger partial charge in [-0.15, -0.1) is 0 Å². The zero-order valence-corrected chi connectivity index (χ0v) is 13.1. The number of hydrogen-bond acceptors (Lipinski definition) is 2. The molecule has 108 valence electrons. The summed E-state index contributed by atoms with van der Waals surface area (Å²) in [7, 11) is 0.0543. The van der Waals surface area contributed by atoms with Gasteiger partial charge in [0.1, 0.15) is 0 Å². The lowest BCUT2D eigenvalue weighted by Crippen LogP contribution is -3.05. The third-order valence-electron chi connectivity index (χ3n) is 8.89. The summed E-state index contributed by atoms with van der Waals surface area (Å²) in [5.41, 5.74) is 0.938. The number of fused-ring (bicyclic) bond motifs is 2. The molecule has 6 aliphatic rings. The van der Waals surface area contributed by atoms with Gasteiger partial charge in [0, 0.05) is 5.41 Å². The highest BCUT2D eigenvalue weighted by molar-refractivity contribution is 6.47. The molecule has 3 spiro atoms. The van der Waals surface area contributed by atoms with E-state index in [9.17, 15) is 0 Å². The van der Waals surface area contributed by atoms with Gasteiger partial charge in [0.15, 0.2) is 0 Å². The van der Waals surface area contributed by atoms with Crippen molar-refractivity contribution in [3.05, 3.63) is 0 Å². The third-order valence-corrected chi connectivity index (χ3v) is 8.89. The van der Waals surface area contributed by atoms with Crippen LogP contribution in [-0.2, 0) is 9.31 Å². The summed E-state index contributed by atoms with van der Waals surface area (Å²) in [4.78, 5) is 0. The van der Waals surface area contributed by atoms with E-state index < -0.39 is 0 Å². The molecule has 1 aliphatic heterocycles. The molecule has 6 rings (SSSR count). The molecule has 0 aromatic heterocycles. The van der Waals surface area contributed by atoms with Crippen molar-refractivity contribution in [1.29, 1.82) is 0 Å². The molecule has 0 bridgehead atoms. The average molecular weight is 272 g/mol. The van der Waals surface area contributed by atoms with E-state index in [1.807, 2.05) is 0 Å². The number of hydrogen-bond donors (Lipinski definition) is 0. The van der Waals surface area contributed by atoms with Gasteiger partial charge >= 0.3 is 7.12 Å². The Bertz CT molecular complexity index is 491. The maximum Gasteiger partial charge on any atom is 0.460 e. The van der Waals surface area contributed by atoms with Gasteiger partial charge < -0.3 is 9.31 Å². The van der Waals surface area contributed by atoms with Crippen LogP contribution in [0, 0.1) is 40.9 Å². The van der Waals surface area contributed by atoms with Gasteiger partial charge in [-0.05, 0) is 60.6 Å². The maximum atomic E-state index is 6.74. The van der Waals surface area contributed by atoms with Crippen LogP contribution < -0.4 is 0 Å². The summed E-state index contributed by atoms with van der Waals surface area (Å²) in [6.45, 7) is 9.42. The lowest BCUT2D eigenvalue weighted by Gasteiger charge is -3.00. The highest BCUT2D eigenvalue weighted by Gasteiger charge is 3.01. The van der Waals surface area contributed by atoms with Crippen molar-refractivity contribution in [2.24, 2.45) is 40.9 Å². The third kappa shape index (κ3) is 0.670. The molecule has 0 aromatic carbocycles. The molecule has 8 atom stereocenters. The molecule has 0 amide bonds. The van der Waals surface area contributed by atoms with Crippen LogP contribution in [0.25, 0.3) is 0 Å². The summed E-state index contributed by atoms with van der Waals surface area (Å²) >= 11 is 0. The van der Waals surface area contributed by atoms with Gasteiger partial charge in [0.25, 0.3) is 0 Å². The monoisotopic (exact) mass is 272 g/mol. The lowest BCUT2D eigenvalue weighted by molar-refractivity contribution is -0.560. The predicted molar refractivity (Wildman–Crippen MR) is 77.1 cm³/mol. The van der Waals surface area contributed by atoms with Crippen LogP contribution >= 0.6 is 0 Å². The Kier molecular flexibility index (Phi) is 1.60. The molecular formula is C17H25BO2. The second kappa shape index (κ2) is 2.78. The molecule has 1 heterocycles. The van der Waals surface area contributed by atoms with Gasteiger partial charge in [-0.3, -0.25) is 0 Å². The van der Waals surface area contributed by atoms with Crippen LogP contribution in [0.4, 0.5) is 0 Å². The predicted octanol–water partition coefficient (Wildman–Crippen LogP) is 3.37. The Morgan fingerprint density at radius 1 is 0.850 bits per heavy atom. The standard InChI is InChI=1S/C17H25BO2/c1-8(2)18-19-16-9(3)5-13(16)11-7-12-14-6-10(4)17(14,20-18)15(11,12)16/h8-14H,5-7H2,1-4H3. The lowest BCUT2D eigenvalue weighted by atomic mass is 9.08. The topological polar surface area (TPSA) is 18.5 Å². The summed E-state index contributed by atoms with van der Waals surface area (Å²) in [6.07, 6.45) is 4.33. The van der Waals surface area contributed by atoms with Crippen molar-refractivity contribution in [3.63, 3.8) is 0 Å². The Balaban J connectivity index is 1.53. The maximum absolute atomic E-state index is 6.74. The molecular weight excluding hydrogens is 247 g/mol. The number of rotatable bonds is 1. The first-order valence-corrected chi connectivity index (χ1v) is 8.87. The second-order valence-electron chi connectivity index (χ2n) is 9.24. The smallest absolute Gasteiger partial charge is 0.404 e. The molecule has 5 aliphatic carbocycles. The van der Waals surface area contributed by atoms with Crippen LogP contribution in [0.1, 0.15) is 47.0 Å². The fourth-order valence-corrected chi connectivity index (χ4v) is 8.51. The molecule has 20 heavy (non-hydrogen) atoms. The Morgan fingerprint density at radius 2 is 1.35 bits per heavy atom. The Hall–Kier alpha value is -0.0151. The first-order valence-electron chi connectivity index (χ1n) is 8.87. The summed E-state index contributed by atoms with van der Waals surface area (Å²) in [6, 6.07) is 0. The van der Waals surface area contributed by atoms with E-state index >= 15 is 0 Å². The van der Waals surface area contributed by atoms with E-state index in [2.05, 4.69) is 27.7 Å². The van der Waals surface area contributed by atoms with Crippen LogP contribution in [0.15, 0.2) is 0 Å². The van der Waals surface area contributed by atoms with Crippen molar-refractivity contribution in [2.75, 3.05) is 0 Å². The van der Waals surface area contributed by atoms with Crippen molar-refractivity contribution in [3.8, 4) is 0 Å². The van der Waals surface area contributed by atoms with E-state index in [0.717, 1.165) is 35.5 Å². The minimum Gasteiger partial charge on any atom is -0.404 e. The van der Waals surface area contributed by atoms with Gasteiger partial charge in [0.2, 0.25) is 0 Å². The molecule has 1 saturated heterocycles. The van der Waals surface area contributed by atoms with Crippen LogP contribution in [0.2, 0.25) is 5.82 Å². The van der Waals surface area contributed by atoms with Gasteiger partial charge in [0.05, 0.1) is 11.2 Å².